The average molecular weight is 523 g/mol. The molecule has 0 atom stereocenters. The lowest BCUT2D eigenvalue weighted by Crippen LogP contribution is -2.48. The summed E-state index contributed by atoms with van der Waals surface area (Å²) in [5, 5.41) is -0.252. The molecule has 0 aromatic heterocycles. The molecule has 1 aliphatic rings. The molecular weight excluding hydrogens is 492 g/mol. The van der Waals surface area contributed by atoms with E-state index in [0.29, 0.717) is 34.7 Å². The van der Waals surface area contributed by atoms with Gasteiger partial charge in [0.2, 0.25) is 10.0 Å². The number of sulfonamides is 1. The van der Waals surface area contributed by atoms with Crippen molar-refractivity contribution in [1.82, 2.24) is 4.90 Å². The highest BCUT2D eigenvalue weighted by Gasteiger charge is 2.37. The van der Waals surface area contributed by atoms with E-state index in [-0.39, 0.29) is 19.6 Å². The van der Waals surface area contributed by atoms with E-state index < -0.39 is 32.9 Å². The number of rotatable bonds is 6. The van der Waals surface area contributed by atoms with Gasteiger partial charge >= 0.3 is 12.1 Å². The van der Waals surface area contributed by atoms with Crippen LogP contribution < -0.4 is 4.31 Å². The maximum Gasteiger partial charge on any atom is 0.410 e. The van der Waals surface area contributed by atoms with Gasteiger partial charge in [0.1, 0.15) is 5.60 Å². The molecule has 0 spiro atoms. The Morgan fingerprint density at radius 3 is 2.26 bits per heavy atom. The van der Waals surface area contributed by atoms with E-state index in [1.54, 1.807) is 74.2 Å². The number of esters is 1. The summed E-state index contributed by atoms with van der Waals surface area (Å²) in [5.74, 6) is -0.465. The number of halogens is 1. The van der Waals surface area contributed by atoms with E-state index in [1.807, 2.05) is 0 Å². The van der Waals surface area contributed by atoms with Crippen LogP contribution >= 0.6 is 11.6 Å². The lowest BCUT2D eigenvalue weighted by Gasteiger charge is -2.36. The van der Waals surface area contributed by atoms with Crippen molar-refractivity contribution in [3.63, 3.8) is 0 Å². The first-order valence-corrected chi connectivity index (χ1v) is 13.2. The molecule has 2 aromatic carbocycles. The number of carbonyl (C=O) groups is 2. The summed E-state index contributed by atoms with van der Waals surface area (Å²) in [6, 6.07) is 13.3. The van der Waals surface area contributed by atoms with Crippen LogP contribution in [0.25, 0.3) is 0 Å². The second-order valence-corrected chi connectivity index (χ2v) is 12.0. The predicted octanol–water partition coefficient (Wildman–Crippen LogP) is 4.86. The number of methoxy groups -OCH3 is 1. The Balaban J connectivity index is 1.82. The van der Waals surface area contributed by atoms with Gasteiger partial charge in [-0.1, -0.05) is 29.8 Å². The second kappa shape index (κ2) is 10.9. The summed E-state index contributed by atoms with van der Waals surface area (Å²) in [6.45, 7) is 6.02. The average Bonchev–Trinajstić information content (AvgIpc) is 2.81. The molecule has 0 bridgehead atoms. The monoisotopic (exact) mass is 522 g/mol. The molecule has 0 unspecified atom stereocenters. The third-order valence-corrected chi connectivity index (χ3v) is 8.12. The van der Waals surface area contributed by atoms with Crippen LogP contribution in [0.5, 0.6) is 0 Å². The summed E-state index contributed by atoms with van der Waals surface area (Å²) < 4.78 is 39.1. The van der Waals surface area contributed by atoms with Crippen LogP contribution in [0.3, 0.4) is 0 Å². The third-order valence-electron chi connectivity index (χ3n) is 5.62. The first kappa shape index (κ1) is 26.8. The van der Waals surface area contributed by atoms with Crippen molar-refractivity contribution in [3.05, 3.63) is 64.7 Å². The molecule has 35 heavy (non-hydrogen) atoms. The number of hydrogen-bond acceptors (Lipinski definition) is 6. The number of amides is 1. The normalized spacial score (nSPS) is 14.9. The number of hydrogen-bond donors (Lipinski definition) is 0. The van der Waals surface area contributed by atoms with Crippen LogP contribution in [0.15, 0.2) is 48.5 Å². The summed E-state index contributed by atoms with van der Waals surface area (Å²) >= 11 is 6.18. The van der Waals surface area contributed by atoms with E-state index in [1.165, 1.54) is 11.4 Å². The molecule has 1 amide bonds. The molecule has 3 rings (SSSR count). The van der Waals surface area contributed by atoms with Crippen LogP contribution in [-0.4, -0.2) is 56.4 Å². The van der Waals surface area contributed by atoms with Crippen LogP contribution in [0.2, 0.25) is 5.02 Å². The third kappa shape index (κ3) is 6.89. The maximum absolute atomic E-state index is 13.8. The van der Waals surface area contributed by atoms with E-state index in [2.05, 4.69) is 0 Å². The Hall–Kier alpha value is -2.78. The van der Waals surface area contributed by atoms with Crippen molar-refractivity contribution in [2.75, 3.05) is 24.5 Å². The first-order valence-electron chi connectivity index (χ1n) is 11.3. The molecule has 1 aliphatic heterocycles. The van der Waals surface area contributed by atoms with E-state index in [0.717, 1.165) is 0 Å². The fourth-order valence-electron chi connectivity index (χ4n) is 3.83. The van der Waals surface area contributed by atoms with Gasteiger partial charge in [0.25, 0.3) is 0 Å². The van der Waals surface area contributed by atoms with Crippen LogP contribution in [0, 0.1) is 0 Å². The smallest absolute Gasteiger partial charge is 0.410 e. The molecule has 1 fully saturated rings. The highest BCUT2D eigenvalue weighted by molar-refractivity contribution is 7.93. The summed E-state index contributed by atoms with van der Waals surface area (Å²) in [6.07, 6.45) is 0.144. The van der Waals surface area contributed by atoms with E-state index >= 15 is 0 Å². The fourth-order valence-corrected chi connectivity index (χ4v) is 5.92. The van der Waals surface area contributed by atoms with Crippen LogP contribution in [0.1, 0.15) is 49.5 Å². The Kier molecular flexibility index (Phi) is 8.33. The largest absolute Gasteiger partial charge is 0.465 e. The van der Waals surface area contributed by atoms with Gasteiger partial charge in [-0.25, -0.2) is 18.0 Å². The van der Waals surface area contributed by atoms with Crippen molar-refractivity contribution in [1.29, 1.82) is 0 Å². The number of anilines is 1. The molecule has 2 aromatic rings. The van der Waals surface area contributed by atoms with Gasteiger partial charge in [0.05, 0.1) is 30.2 Å². The summed E-state index contributed by atoms with van der Waals surface area (Å²) in [4.78, 5) is 25.7. The molecule has 0 aliphatic carbocycles. The lowest BCUT2D eigenvalue weighted by atomic mass is 10.1. The van der Waals surface area contributed by atoms with Gasteiger partial charge in [-0.2, -0.15) is 0 Å². The van der Waals surface area contributed by atoms with Gasteiger partial charge < -0.3 is 14.4 Å². The van der Waals surface area contributed by atoms with Gasteiger partial charge in [-0.15, -0.1) is 0 Å². The van der Waals surface area contributed by atoms with Crippen molar-refractivity contribution in [3.8, 4) is 0 Å². The van der Waals surface area contributed by atoms with Gasteiger partial charge in [-0.05, 0) is 69.5 Å². The SMILES string of the molecule is COC(=O)c1ccc(CN(c2cccc(Cl)c2)S(=O)(=O)C2CCN(C(=O)OC(C)(C)C)CC2)cc1. The summed E-state index contributed by atoms with van der Waals surface area (Å²) in [7, 11) is -2.50. The first-order chi connectivity index (χ1) is 16.4. The lowest BCUT2D eigenvalue weighted by molar-refractivity contribution is 0.0217. The number of carbonyl (C=O) groups excluding carboxylic acids is 2. The molecule has 0 radical (unpaired) electrons. The van der Waals surface area contributed by atoms with E-state index in [4.69, 9.17) is 21.1 Å². The minimum absolute atomic E-state index is 0.0659. The Labute approximate surface area is 211 Å². The molecule has 10 heteroatoms. The van der Waals surface area contributed by atoms with Gasteiger partial charge in [0, 0.05) is 18.1 Å². The Bertz CT molecular complexity index is 1150. The van der Waals surface area contributed by atoms with Crippen LogP contribution in [-0.2, 0) is 26.0 Å². The fraction of sp³-hybridized carbons (Fsp3) is 0.440. The molecule has 190 valence electrons. The molecule has 1 heterocycles. The molecule has 0 N–H and O–H groups in total. The quantitative estimate of drug-likeness (QED) is 0.503. The van der Waals surface area contributed by atoms with Crippen molar-refractivity contribution >= 4 is 39.4 Å². The number of benzene rings is 2. The number of likely N-dealkylation sites (tertiary alicyclic amines) is 1. The van der Waals surface area contributed by atoms with Gasteiger partial charge in [-0.3, -0.25) is 4.31 Å². The zero-order chi connectivity index (χ0) is 25.8. The number of nitrogens with zero attached hydrogens (tertiary/aromatic N) is 2. The predicted molar refractivity (Wildman–Crippen MR) is 135 cm³/mol. The van der Waals surface area contributed by atoms with E-state index in [9.17, 15) is 18.0 Å². The minimum atomic E-state index is -3.80. The molecular formula is C25H31ClN2O6S. The zero-order valence-corrected chi connectivity index (χ0v) is 21.9. The van der Waals surface area contributed by atoms with Crippen molar-refractivity contribution in [2.45, 2.75) is 51.0 Å². The van der Waals surface area contributed by atoms with Crippen molar-refractivity contribution < 1.29 is 27.5 Å². The topological polar surface area (TPSA) is 93.2 Å². The number of ether oxygens (including phenoxy) is 2. The zero-order valence-electron chi connectivity index (χ0n) is 20.4. The summed E-state index contributed by atoms with van der Waals surface area (Å²) in [5.41, 5.74) is 0.909. The van der Waals surface area contributed by atoms with Gasteiger partial charge in [0.15, 0.2) is 0 Å². The van der Waals surface area contributed by atoms with Crippen LogP contribution in [0.4, 0.5) is 10.5 Å². The van der Waals surface area contributed by atoms with Crippen molar-refractivity contribution in [2.24, 2.45) is 0 Å². The minimum Gasteiger partial charge on any atom is -0.465 e. The Morgan fingerprint density at radius 2 is 1.71 bits per heavy atom. The Morgan fingerprint density at radius 1 is 1.09 bits per heavy atom. The molecule has 1 saturated heterocycles. The standard InChI is InChI=1S/C25H31ClN2O6S/c1-25(2,3)34-24(30)27-14-12-22(13-15-27)35(31,32)28(21-7-5-6-20(26)16-21)17-18-8-10-19(11-9-18)23(29)33-4/h5-11,16,22H,12-15,17H2,1-4H3. The highest BCUT2D eigenvalue weighted by atomic mass is 35.5. The maximum atomic E-state index is 13.8. The number of piperidine rings is 1. The highest BCUT2D eigenvalue weighted by Crippen LogP contribution is 2.30. The second-order valence-electron chi connectivity index (χ2n) is 9.39. The molecule has 0 saturated carbocycles. The molecule has 8 nitrogen and oxygen atoms in total.